The third kappa shape index (κ3) is 3.66. The molecular formula is C14H13Br2NO6. The Bertz CT molecular complexity index is 647. The van der Waals surface area contributed by atoms with Gasteiger partial charge in [0.2, 0.25) is 11.8 Å². The van der Waals surface area contributed by atoms with Crippen molar-refractivity contribution in [1.29, 1.82) is 0 Å². The summed E-state index contributed by atoms with van der Waals surface area (Å²) in [6, 6.07) is 3.36. The number of nitrogens with zero attached hydrogens (tertiary/aromatic N) is 1. The summed E-state index contributed by atoms with van der Waals surface area (Å²) in [6.07, 6.45) is 0.703. The molecule has 0 radical (unpaired) electrons. The molecule has 23 heavy (non-hydrogen) atoms. The van der Waals surface area contributed by atoms with Gasteiger partial charge in [0, 0.05) is 18.4 Å². The SMILES string of the molecule is COc1cc2c(cc1OC)C(Br)OC2=O.O=C1CCC(=O)N1Br. The molecule has 9 heteroatoms. The fourth-order valence-electron chi connectivity index (χ4n) is 2.03. The first kappa shape index (κ1) is 17.7. The number of fused-ring (bicyclic) bond motifs is 1. The molecule has 1 saturated heterocycles. The lowest BCUT2D eigenvalue weighted by Crippen LogP contribution is -2.16. The molecule has 124 valence electrons. The molecule has 0 saturated carbocycles. The van der Waals surface area contributed by atoms with Crippen LogP contribution < -0.4 is 9.47 Å². The molecule has 7 nitrogen and oxygen atoms in total. The Balaban J connectivity index is 0.000000203. The number of esters is 1. The number of benzene rings is 1. The Hall–Kier alpha value is -1.61. The number of cyclic esters (lactones) is 1. The molecule has 0 bridgehead atoms. The van der Waals surface area contributed by atoms with E-state index in [0.717, 1.165) is 9.49 Å². The van der Waals surface area contributed by atoms with E-state index in [0.29, 0.717) is 29.9 Å². The lowest BCUT2D eigenvalue weighted by molar-refractivity contribution is -0.131. The van der Waals surface area contributed by atoms with Crippen LogP contribution in [0.15, 0.2) is 12.1 Å². The maximum atomic E-state index is 11.4. The molecule has 2 aliphatic rings. The Labute approximate surface area is 149 Å². The normalized spacial score (nSPS) is 19.0. The fraction of sp³-hybridized carbons (Fsp3) is 0.357. The number of carbonyl (C=O) groups excluding carboxylic acids is 3. The molecule has 1 fully saturated rings. The van der Waals surface area contributed by atoms with Gasteiger partial charge < -0.3 is 14.2 Å². The van der Waals surface area contributed by atoms with Crippen molar-refractivity contribution in [3.63, 3.8) is 0 Å². The summed E-state index contributed by atoms with van der Waals surface area (Å²) in [5, 5.41) is -0.403. The first-order chi connectivity index (χ1) is 10.9. The summed E-state index contributed by atoms with van der Waals surface area (Å²) in [5.41, 5.74) is 1.27. The average molecular weight is 451 g/mol. The number of carbonyl (C=O) groups is 3. The van der Waals surface area contributed by atoms with E-state index >= 15 is 0 Å². The van der Waals surface area contributed by atoms with Crippen LogP contribution in [-0.2, 0) is 14.3 Å². The van der Waals surface area contributed by atoms with E-state index in [4.69, 9.17) is 14.2 Å². The smallest absolute Gasteiger partial charge is 0.340 e. The van der Waals surface area contributed by atoms with E-state index in [1.807, 2.05) is 0 Å². The van der Waals surface area contributed by atoms with Crippen LogP contribution in [0.25, 0.3) is 0 Å². The van der Waals surface area contributed by atoms with E-state index < -0.39 is 5.01 Å². The molecule has 0 N–H and O–H groups in total. The van der Waals surface area contributed by atoms with Crippen LogP contribution in [0, 0.1) is 0 Å². The molecular weight excluding hydrogens is 438 g/mol. The van der Waals surface area contributed by atoms with Gasteiger partial charge in [-0.05, 0) is 28.1 Å². The van der Waals surface area contributed by atoms with Crippen LogP contribution in [0.3, 0.4) is 0 Å². The van der Waals surface area contributed by atoms with Crippen LogP contribution in [-0.4, -0.2) is 35.9 Å². The highest BCUT2D eigenvalue weighted by molar-refractivity contribution is 9.09. The van der Waals surface area contributed by atoms with Crippen LogP contribution in [0.4, 0.5) is 0 Å². The number of hydrogen-bond donors (Lipinski definition) is 0. The van der Waals surface area contributed by atoms with Gasteiger partial charge in [-0.25, -0.2) is 8.72 Å². The number of amides is 2. The molecule has 0 spiro atoms. The van der Waals surface area contributed by atoms with Gasteiger partial charge in [0.1, 0.15) is 0 Å². The van der Waals surface area contributed by atoms with Crippen molar-refractivity contribution < 1.29 is 28.6 Å². The maximum absolute atomic E-state index is 11.4. The van der Waals surface area contributed by atoms with Gasteiger partial charge in [0.15, 0.2) is 16.5 Å². The minimum Gasteiger partial charge on any atom is -0.493 e. The highest BCUT2D eigenvalue weighted by Crippen LogP contribution is 2.41. The van der Waals surface area contributed by atoms with Gasteiger partial charge in [-0.15, -0.1) is 0 Å². The summed E-state index contributed by atoms with van der Waals surface area (Å²) in [7, 11) is 3.07. The first-order valence-electron chi connectivity index (χ1n) is 6.51. The zero-order chi connectivity index (χ0) is 17.1. The lowest BCUT2D eigenvalue weighted by Gasteiger charge is -2.08. The van der Waals surface area contributed by atoms with Crippen molar-refractivity contribution in [3.05, 3.63) is 23.3 Å². The van der Waals surface area contributed by atoms with Crippen LogP contribution in [0.1, 0.15) is 33.8 Å². The number of halogens is 2. The highest BCUT2D eigenvalue weighted by Gasteiger charge is 2.31. The summed E-state index contributed by atoms with van der Waals surface area (Å²) in [5.74, 6) is 0.464. The Kier molecular flexibility index (Phi) is 5.64. The number of rotatable bonds is 2. The van der Waals surface area contributed by atoms with Crippen LogP contribution in [0.5, 0.6) is 11.5 Å². The van der Waals surface area contributed by atoms with Gasteiger partial charge in [-0.3, -0.25) is 9.59 Å². The monoisotopic (exact) mass is 449 g/mol. The molecule has 0 aromatic heterocycles. The molecule has 1 unspecified atom stereocenters. The first-order valence-corrected chi connectivity index (χ1v) is 8.14. The van der Waals surface area contributed by atoms with Gasteiger partial charge in [0.25, 0.3) is 0 Å². The number of hydrogen-bond acceptors (Lipinski definition) is 6. The summed E-state index contributed by atoms with van der Waals surface area (Å²) < 4.78 is 16.2. The predicted molar refractivity (Wildman–Crippen MR) is 86.6 cm³/mol. The van der Waals surface area contributed by atoms with E-state index in [9.17, 15) is 14.4 Å². The lowest BCUT2D eigenvalue weighted by atomic mass is 10.1. The maximum Gasteiger partial charge on any atom is 0.340 e. The zero-order valence-electron chi connectivity index (χ0n) is 12.3. The molecule has 3 rings (SSSR count). The third-order valence-electron chi connectivity index (χ3n) is 3.22. The summed E-state index contributed by atoms with van der Waals surface area (Å²) in [6.45, 7) is 0. The van der Waals surface area contributed by atoms with Gasteiger partial charge in [-0.2, -0.15) is 0 Å². The van der Waals surface area contributed by atoms with Crippen LogP contribution in [0.2, 0.25) is 0 Å². The van der Waals surface area contributed by atoms with E-state index in [1.165, 1.54) is 7.11 Å². The highest BCUT2D eigenvalue weighted by atomic mass is 79.9. The largest absolute Gasteiger partial charge is 0.493 e. The number of imide groups is 1. The minimum absolute atomic E-state index is 0.144. The predicted octanol–water partition coefficient (Wildman–Crippen LogP) is 2.71. The second kappa shape index (κ2) is 7.31. The molecule has 1 aromatic rings. The molecule has 2 amide bonds. The summed E-state index contributed by atoms with van der Waals surface area (Å²) in [4.78, 5) is 32.3. The van der Waals surface area contributed by atoms with Crippen molar-refractivity contribution >= 4 is 49.9 Å². The van der Waals surface area contributed by atoms with Crippen molar-refractivity contribution in [2.75, 3.05) is 14.2 Å². The van der Waals surface area contributed by atoms with E-state index in [1.54, 1.807) is 19.2 Å². The molecule has 1 atom stereocenters. The van der Waals surface area contributed by atoms with Gasteiger partial charge in [-0.1, -0.05) is 0 Å². The quantitative estimate of drug-likeness (QED) is 0.298. The Morgan fingerprint density at radius 1 is 1.09 bits per heavy atom. The van der Waals surface area contributed by atoms with Crippen LogP contribution >= 0.6 is 32.1 Å². The third-order valence-corrected chi connectivity index (χ3v) is 4.69. The van der Waals surface area contributed by atoms with Crippen molar-refractivity contribution in [1.82, 2.24) is 3.93 Å². The molecule has 2 heterocycles. The van der Waals surface area contributed by atoms with Gasteiger partial charge in [0.05, 0.1) is 35.9 Å². The molecule has 2 aliphatic heterocycles. The van der Waals surface area contributed by atoms with Crippen molar-refractivity contribution in [3.8, 4) is 11.5 Å². The number of methoxy groups -OCH3 is 2. The van der Waals surface area contributed by atoms with Crippen molar-refractivity contribution in [2.45, 2.75) is 17.9 Å². The molecule has 0 aliphatic carbocycles. The van der Waals surface area contributed by atoms with E-state index in [-0.39, 0.29) is 17.8 Å². The number of ether oxygens (including phenoxy) is 3. The number of alkyl halides is 1. The molecule has 1 aromatic carbocycles. The minimum atomic E-state index is -0.403. The second-order valence-corrected chi connectivity index (χ2v) is 6.13. The van der Waals surface area contributed by atoms with Gasteiger partial charge >= 0.3 is 5.97 Å². The topological polar surface area (TPSA) is 82.1 Å². The summed E-state index contributed by atoms with van der Waals surface area (Å²) >= 11 is 6.05. The second-order valence-electron chi connectivity index (χ2n) is 4.58. The zero-order valence-corrected chi connectivity index (χ0v) is 15.5. The average Bonchev–Trinajstić information content (AvgIpc) is 2.99. The standard InChI is InChI=1S/C10H9BrO4.C4H4BrNO2/c1-13-7-3-5-6(4-8(7)14-2)10(12)15-9(5)11;5-6-3(7)1-2-4(6)8/h3-4,9H,1-2H3;1-2H2. The Morgan fingerprint density at radius 3 is 2.04 bits per heavy atom. The van der Waals surface area contributed by atoms with Crippen molar-refractivity contribution in [2.24, 2.45) is 0 Å². The van der Waals surface area contributed by atoms with E-state index in [2.05, 4.69) is 32.1 Å². The fourth-order valence-corrected chi connectivity index (χ4v) is 2.93. The Morgan fingerprint density at radius 2 is 1.61 bits per heavy atom.